The third-order valence-corrected chi connectivity index (χ3v) is 11.4. The van der Waals surface area contributed by atoms with E-state index in [9.17, 15) is 0 Å². The van der Waals surface area contributed by atoms with Crippen LogP contribution in [0.5, 0.6) is 0 Å². The van der Waals surface area contributed by atoms with Crippen LogP contribution in [0.25, 0.3) is 0 Å². The molecule has 0 bridgehead atoms. The number of allylic oxidation sites excluding steroid dienone is 2. The standard InChI is InChI=1S/C24H46OSi/c1-10-11-12-21(18-25-26(8,9)24(5,6)7)14-15-22-17-20(4)13-16-23(22)19(2)3/h10,14-15,19-23H,1,11-13,16-18H2,2-9H3/b15-14+/t20-,21+,22-,23+/m1/s1. The van der Waals surface area contributed by atoms with Crippen molar-refractivity contribution in [3.8, 4) is 0 Å². The Balaban J connectivity index is 2.78. The summed E-state index contributed by atoms with van der Waals surface area (Å²) in [5.41, 5.74) is 0. The first kappa shape index (κ1) is 23.7. The van der Waals surface area contributed by atoms with Gasteiger partial charge in [0.25, 0.3) is 0 Å². The minimum absolute atomic E-state index is 0.279. The summed E-state index contributed by atoms with van der Waals surface area (Å²) in [6.45, 7) is 23.7. The Morgan fingerprint density at radius 1 is 1.19 bits per heavy atom. The zero-order chi connectivity index (χ0) is 20.0. The second-order valence-corrected chi connectivity index (χ2v) is 15.4. The molecule has 0 aromatic carbocycles. The molecule has 1 aliphatic carbocycles. The van der Waals surface area contributed by atoms with Crippen LogP contribution in [0.2, 0.25) is 18.1 Å². The number of hydrogen-bond donors (Lipinski definition) is 0. The molecule has 0 spiro atoms. The minimum atomic E-state index is -1.68. The van der Waals surface area contributed by atoms with Crippen molar-refractivity contribution in [3.63, 3.8) is 0 Å². The third kappa shape index (κ3) is 7.35. The van der Waals surface area contributed by atoms with Crippen molar-refractivity contribution < 1.29 is 4.43 Å². The molecule has 4 atom stereocenters. The molecule has 2 heteroatoms. The predicted molar refractivity (Wildman–Crippen MR) is 120 cm³/mol. The second-order valence-electron chi connectivity index (χ2n) is 10.6. The molecule has 1 rings (SSSR count). The maximum atomic E-state index is 6.54. The van der Waals surface area contributed by atoms with Crippen LogP contribution in [0.4, 0.5) is 0 Å². The van der Waals surface area contributed by atoms with Crippen molar-refractivity contribution in [2.75, 3.05) is 6.61 Å². The molecule has 0 heterocycles. The Labute approximate surface area is 165 Å². The van der Waals surface area contributed by atoms with Crippen molar-refractivity contribution in [1.82, 2.24) is 0 Å². The fraction of sp³-hybridized carbons (Fsp3) is 0.833. The summed E-state index contributed by atoms with van der Waals surface area (Å²) in [6.07, 6.45) is 13.5. The molecule has 1 nitrogen and oxygen atoms in total. The molecule has 1 fully saturated rings. The first-order valence-corrected chi connectivity index (χ1v) is 13.8. The molecule has 0 amide bonds. The Kier molecular flexibility index (Phi) is 9.36. The van der Waals surface area contributed by atoms with Gasteiger partial charge in [0, 0.05) is 6.61 Å². The van der Waals surface area contributed by atoms with Gasteiger partial charge >= 0.3 is 0 Å². The largest absolute Gasteiger partial charge is 0.416 e. The van der Waals surface area contributed by atoms with E-state index in [0.29, 0.717) is 5.92 Å². The molecule has 0 aromatic rings. The highest BCUT2D eigenvalue weighted by molar-refractivity contribution is 6.74. The fourth-order valence-electron chi connectivity index (χ4n) is 3.90. The van der Waals surface area contributed by atoms with Crippen molar-refractivity contribution in [2.24, 2.45) is 29.6 Å². The van der Waals surface area contributed by atoms with Gasteiger partial charge in [-0.3, -0.25) is 0 Å². The first-order chi connectivity index (χ1) is 12.0. The van der Waals surface area contributed by atoms with Crippen molar-refractivity contribution in [3.05, 3.63) is 24.8 Å². The van der Waals surface area contributed by atoms with Crippen LogP contribution in [-0.4, -0.2) is 14.9 Å². The van der Waals surface area contributed by atoms with Gasteiger partial charge in [-0.1, -0.05) is 66.2 Å². The quantitative estimate of drug-likeness (QED) is 0.293. The van der Waals surface area contributed by atoms with E-state index in [2.05, 4.69) is 73.4 Å². The van der Waals surface area contributed by atoms with Gasteiger partial charge in [0.1, 0.15) is 0 Å². The van der Waals surface area contributed by atoms with Gasteiger partial charge in [0.05, 0.1) is 0 Å². The Bertz CT molecular complexity index is 444. The van der Waals surface area contributed by atoms with Gasteiger partial charge < -0.3 is 4.43 Å². The molecule has 0 aromatic heterocycles. The van der Waals surface area contributed by atoms with Gasteiger partial charge in [-0.05, 0) is 73.4 Å². The lowest BCUT2D eigenvalue weighted by Crippen LogP contribution is -2.41. The molecule has 152 valence electrons. The topological polar surface area (TPSA) is 9.23 Å². The van der Waals surface area contributed by atoms with Crippen LogP contribution in [0, 0.1) is 29.6 Å². The van der Waals surface area contributed by atoms with Gasteiger partial charge in [-0.25, -0.2) is 0 Å². The summed E-state index contributed by atoms with van der Waals surface area (Å²) < 4.78 is 6.54. The van der Waals surface area contributed by atoms with Crippen LogP contribution < -0.4 is 0 Å². The lowest BCUT2D eigenvalue weighted by molar-refractivity contribution is 0.177. The maximum Gasteiger partial charge on any atom is 0.192 e. The van der Waals surface area contributed by atoms with Gasteiger partial charge in [-0.15, -0.1) is 6.58 Å². The van der Waals surface area contributed by atoms with Gasteiger partial charge in [0.2, 0.25) is 0 Å². The average Bonchev–Trinajstić information content (AvgIpc) is 2.52. The van der Waals surface area contributed by atoms with Gasteiger partial charge in [0.15, 0.2) is 8.32 Å². The summed E-state index contributed by atoms with van der Waals surface area (Å²) in [6, 6.07) is 0. The molecule has 1 saturated carbocycles. The summed E-state index contributed by atoms with van der Waals surface area (Å²) in [5, 5.41) is 0.279. The third-order valence-electron chi connectivity index (χ3n) is 6.91. The molecular weight excluding hydrogens is 332 g/mol. The summed E-state index contributed by atoms with van der Waals surface area (Å²) in [5.74, 6) is 3.77. The molecule has 0 N–H and O–H groups in total. The van der Waals surface area contributed by atoms with Crippen LogP contribution >= 0.6 is 0 Å². The van der Waals surface area contributed by atoms with Crippen LogP contribution in [0.3, 0.4) is 0 Å². The highest BCUT2D eigenvalue weighted by atomic mass is 28.4. The van der Waals surface area contributed by atoms with Gasteiger partial charge in [-0.2, -0.15) is 0 Å². The highest BCUT2D eigenvalue weighted by Crippen LogP contribution is 2.39. The van der Waals surface area contributed by atoms with E-state index >= 15 is 0 Å². The van der Waals surface area contributed by atoms with E-state index in [1.807, 2.05) is 6.08 Å². The Hall–Kier alpha value is -0.343. The van der Waals surface area contributed by atoms with E-state index in [1.165, 1.54) is 19.3 Å². The lowest BCUT2D eigenvalue weighted by Gasteiger charge is -2.37. The van der Waals surface area contributed by atoms with Crippen molar-refractivity contribution in [1.29, 1.82) is 0 Å². The van der Waals surface area contributed by atoms with Crippen LogP contribution in [-0.2, 0) is 4.43 Å². The summed E-state index contributed by atoms with van der Waals surface area (Å²) in [7, 11) is -1.68. The van der Waals surface area contributed by atoms with E-state index in [1.54, 1.807) is 0 Å². The van der Waals surface area contributed by atoms with E-state index < -0.39 is 8.32 Å². The molecule has 26 heavy (non-hydrogen) atoms. The lowest BCUT2D eigenvalue weighted by atomic mass is 9.70. The normalized spacial score (nSPS) is 26.4. The number of hydrogen-bond acceptors (Lipinski definition) is 1. The maximum absolute atomic E-state index is 6.54. The first-order valence-electron chi connectivity index (χ1n) is 10.9. The van der Waals surface area contributed by atoms with E-state index in [0.717, 1.165) is 43.1 Å². The predicted octanol–water partition coefficient (Wildman–Crippen LogP) is 7.86. The second kappa shape index (κ2) is 10.3. The van der Waals surface area contributed by atoms with Crippen LogP contribution in [0.1, 0.15) is 73.6 Å². The number of rotatable bonds is 9. The smallest absolute Gasteiger partial charge is 0.192 e. The van der Waals surface area contributed by atoms with Crippen molar-refractivity contribution >= 4 is 8.32 Å². The Morgan fingerprint density at radius 3 is 2.38 bits per heavy atom. The molecule has 0 saturated heterocycles. The summed E-state index contributed by atoms with van der Waals surface area (Å²) >= 11 is 0. The molecule has 0 unspecified atom stereocenters. The molecule has 0 radical (unpaired) electrons. The molecule has 0 aliphatic heterocycles. The van der Waals surface area contributed by atoms with E-state index in [4.69, 9.17) is 4.43 Å². The Morgan fingerprint density at radius 2 is 1.85 bits per heavy atom. The van der Waals surface area contributed by atoms with Crippen molar-refractivity contribution in [2.45, 2.75) is 91.8 Å². The summed E-state index contributed by atoms with van der Waals surface area (Å²) in [4.78, 5) is 0. The minimum Gasteiger partial charge on any atom is -0.416 e. The zero-order valence-corrected chi connectivity index (χ0v) is 20.0. The molecule has 1 aliphatic rings. The monoisotopic (exact) mass is 378 g/mol. The highest BCUT2D eigenvalue weighted by Gasteiger charge is 2.37. The SMILES string of the molecule is C=CCC[C@@H](/C=C/[C@@H]1C[C@H](C)CC[C@H]1C(C)C)CO[Si](C)(C)C(C)(C)C. The van der Waals surface area contributed by atoms with Crippen LogP contribution in [0.15, 0.2) is 24.8 Å². The van der Waals surface area contributed by atoms with E-state index in [-0.39, 0.29) is 5.04 Å². The zero-order valence-electron chi connectivity index (χ0n) is 19.0. The fourth-order valence-corrected chi connectivity index (χ4v) is 4.96. The average molecular weight is 379 g/mol. The molecular formula is C24H46OSi.